The Morgan fingerprint density at radius 2 is 1.50 bits per heavy atom. The van der Waals surface area contributed by atoms with Crippen molar-refractivity contribution in [3.8, 4) is 28.4 Å². The van der Waals surface area contributed by atoms with E-state index in [-0.39, 0.29) is 30.3 Å². The van der Waals surface area contributed by atoms with E-state index < -0.39 is 17.5 Å². The van der Waals surface area contributed by atoms with Crippen LogP contribution in [-0.2, 0) is 6.61 Å². The summed E-state index contributed by atoms with van der Waals surface area (Å²) in [4.78, 5) is 0. The minimum Gasteiger partial charge on any atom is -0.497 e. The van der Waals surface area contributed by atoms with Crippen molar-refractivity contribution < 1.29 is 27.4 Å². The fourth-order valence-corrected chi connectivity index (χ4v) is 2.69. The summed E-state index contributed by atoms with van der Waals surface area (Å²) in [5.74, 6) is -2.11. The molecule has 0 fully saturated rings. The van der Waals surface area contributed by atoms with Gasteiger partial charge >= 0.3 is 0 Å². The average molecular weight is 388 g/mol. The zero-order chi connectivity index (χ0) is 20.1. The fourth-order valence-electron chi connectivity index (χ4n) is 2.69. The third-order valence-electron chi connectivity index (χ3n) is 4.15. The number of ether oxygens (including phenoxy) is 3. The van der Waals surface area contributed by atoms with Crippen LogP contribution in [0.25, 0.3) is 11.1 Å². The molecule has 146 valence electrons. The van der Waals surface area contributed by atoms with E-state index in [0.29, 0.717) is 11.3 Å². The summed E-state index contributed by atoms with van der Waals surface area (Å²) in [7, 11) is 1.45. The Hall–Kier alpha value is -3.15. The molecule has 0 N–H and O–H groups in total. The summed E-state index contributed by atoms with van der Waals surface area (Å²) in [6.07, 6.45) is 0. The monoisotopic (exact) mass is 388 g/mol. The van der Waals surface area contributed by atoms with Gasteiger partial charge in [-0.1, -0.05) is 24.3 Å². The third-order valence-corrected chi connectivity index (χ3v) is 4.15. The van der Waals surface area contributed by atoms with Gasteiger partial charge in [-0.15, -0.1) is 0 Å². The van der Waals surface area contributed by atoms with Crippen molar-refractivity contribution in [3.63, 3.8) is 0 Å². The summed E-state index contributed by atoms with van der Waals surface area (Å²) in [6, 6.07) is 13.9. The molecular formula is C22H19F3O3. The van der Waals surface area contributed by atoms with Crippen LogP contribution in [0.4, 0.5) is 13.2 Å². The predicted molar refractivity (Wildman–Crippen MR) is 100 cm³/mol. The Bertz CT molecular complexity index is 956. The molecular weight excluding hydrogens is 369 g/mol. The van der Waals surface area contributed by atoms with Gasteiger partial charge in [0.25, 0.3) is 0 Å². The van der Waals surface area contributed by atoms with E-state index >= 15 is 0 Å². The van der Waals surface area contributed by atoms with E-state index in [1.165, 1.54) is 31.4 Å². The topological polar surface area (TPSA) is 27.7 Å². The van der Waals surface area contributed by atoms with Gasteiger partial charge in [-0.2, -0.15) is 4.39 Å². The average Bonchev–Trinajstić information content (AvgIpc) is 2.71. The van der Waals surface area contributed by atoms with E-state index in [9.17, 15) is 13.2 Å². The highest BCUT2D eigenvalue weighted by Crippen LogP contribution is 2.30. The van der Waals surface area contributed by atoms with Crippen LogP contribution in [0.3, 0.4) is 0 Å². The summed E-state index contributed by atoms with van der Waals surface area (Å²) >= 11 is 0. The smallest absolute Gasteiger partial charge is 0.201 e. The molecule has 0 radical (unpaired) electrons. The highest BCUT2D eigenvalue weighted by Gasteiger charge is 2.15. The van der Waals surface area contributed by atoms with Crippen LogP contribution < -0.4 is 14.2 Å². The quantitative estimate of drug-likeness (QED) is 0.515. The molecule has 0 saturated heterocycles. The van der Waals surface area contributed by atoms with Crippen LogP contribution >= 0.6 is 0 Å². The van der Waals surface area contributed by atoms with Crippen molar-refractivity contribution in [2.75, 3.05) is 13.7 Å². The van der Waals surface area contributed by atoms with Crippen molar-refractivity contribution in [2.24, 2.45) is 0 Å². The molecule has 0 aliphatic rings. The van der Waals surface area contributed by atoms with Gasteiger partial charge in [0.1, 0.15) is 12.4 Å². The lowest BCUT2D eigenvalue weighted by atomic mass is 10.0. The lowest BCUT2D eigenvalue weighted by molar-refractivity contribution is 0.289. The summed E-state index contributed by atoms with van der Waals surface area (Å²) in [5.41, 5.74) is 1.40. The summed E-state index contributed by atoms with van der Waals surface area (Å²) in [5, 5.41) is 0. The number of benzene rings is 3. The first-order chi connectivity index (χ1) is 13.5. The molecule has 6 heteroatoms. The first kappa shape index (κ1) is 19.6. The Morgan fingerprint density at radius 1 is 0.786 bits per heavy atom. The maximum atomic E-state index is 14.3. The van der Waals surface area contributed by atoms with Gasteiger partial charge in [-0.05, 0) is 42.3 Å². The van der Waals surface area contributed by atoms with Crippen LogP contribution in [0.1, 0.15) is 12.5 Å². The minimum absolute atomic E-state index is 0.101. The number of methoxy groups -OCH3 is 1. The standard InChI is InChI=1S/C22H19F3O3/c1-3-27-20-11-9-17(21(24)22(20)25)15-6-4-14(5-7-15)13-28-19-10-8-16(26-2)12-18(19)23/h4-12H,3,13H2,1-2H3. The number of hydrogen-bond acceptors (Lipinski definition) is 3. The molecule has 28 heavy (non-hydrogen) atoms. The molecule has 3 aromatic carbocycles. The molecule has 0 saturated carbocycles. The van der Waals surface area contributed by atoms with Crippen LogP contribution in [-0.4, -0.2) is 13.7 Å². The molecule has 0 spiro atoms. The fraction of sp³-hybridized carbons (Fsp3) is 0.182. The Labute approximate surface area is 161 Å². The molecule has 3 aromatic rings. The van der Waals surface area contributed by atoms with E-state index in [1.807, 2.05) is 0 Å². The van der Waals surface area contributed by atoms with E-state index in [1.54, 1.807) is 37.3 Å². The molecule has 3 nitrogen and oxygen atoms in total. The molecule has 0 amide bonds. The SMILES string of the molecule is CCOc1ccc(-c2ccc(COc3ccc(OC)cc3F)cc2)c(F)c1F. The van der Waals surface area contributed by atoms with E-state index in [0.717, 1.165) is 5.56 Å². The minimum atomic E-state index is -1.01. The van der Waals surface area contributed by atoms with Gasteiger partial charge in [-0.25, -0.2) is 8.78 Å². The molecule has 0 heterocycles. The Morgan fingerprint density at radius 3 is 2.14 bits per heavy atom. The predicted octanol–water partition coefficient (Wildman–Crippen LogP) is 5.76. The van der Waals surface area contributed by atoms with Crippen LogP contribution in [0, 0.1) is 17.5 Å². The Balaban J connectivity index is 1.73. The van der Waals surface area contributed by atoms with Crippen molar-refractivity contribution in [2.45, 2.75) is 13.5 Å². The van der Waals surface area contributed by atoms with E-state index in [2.05, 4.69) is 0 Å². The second-order valence-corrected chi connectivity index (χ2v) is 5.95. The lowest BCUT2D eigenvalue weighted by Crippen LogP contribution is -1.99. The number of hydrogen-bond donors (Lipinski definition) is 0. The van der Waals surface area contributed by atoms with Crippen LogP contribution in [0.2, 0.25) is 0 Å². The van der Waals surface area contributed by atoms with Gasteiger partial charge in [-0.3, -0.25) is 0 Å². The second-order valence-electron chi connectivity index (χ2n) is 5.95. The second kappa shape index (κ2) is 8.69. The van der Waals surface area contributed by atoms with E-state index in [4.69, 9.17) is 14.2 Å². The normalized spacial score (nSPS) is 10.6. The molecule has 0 unspecified atom stereocenters. The third kappa shape index (κ3) is 4.22. The maximum absolute atomic E-state index is 14.3. The van der Waals surface area contributed by atoms with Gasteiger partial charge in [0.15, 0.2) is 23.1 Å². The summed E-state index contributed by atoms with van der Waals surface area (Å²) < 4.78 is 57.7. The van der Waals surface area contributed by atoms with Gasteiger partial charge in [0.05, 0.1) is 13.7 Å². The van der Waals surface area contributed by atoms with Gasteiger partial charge in [0.2, 0.25) is 5.82 Å². The highest BCUT2D eigenvalue weighted by molar-refractivity contribution is 5.65. The molecule has 0 atom stereocenters. The first-order valence-electron chi connectivity index (χ1n) is 8.70. The zero-order valence-electron chi connectivity index (χ0n) is 15.5. The maximum Gasteiger partial charge on any atom is 0.201 e. The van der Waals surface area contributed by atoms with Crippen molar-refractivity contribution in [3.05, 3.63) is 77.6 Å². The molecule has 0 aromatic heterocycles. The van der Waals surface area contributed by atoms with Gasteiger partial charge in [0, 0.05) is 11.6 Å². The van der Waals surface area contributed by atoms with Crippen molar-refractivity contribution in [1.82, 2.24) is 0 Å². The zero-order valence-corrected chi connectivity index (χ0v) is 15.5. The van der Waals surface area contributed by atoms with Crippen molar-refractivity contribution in [1.29, 1.82) is 0 Å². The summed E-state index contributed by atoms with van der Waals surface area (Å²) in [6.45, 7) is 2.08. The molecule has 3 rings (SSSR count). The molecule has 0 aliphatic heterocycles. The van der Waals surface area contributed by atoms with Crippen LogP contribution in [0.5, 0.6) is 17.2 Å². The van der Waals surface area contributed by atoms with Crippen LogP contribution in [0.15, 0.2) is 54.6 Å². The Kier molecular flexibility index (Phi) is 6.09. The first-order valence-corrected chi connectivity index (χ1v) is 8.70. The largest absolute Gasteiger partial charge is 0.497 e. The number of halogens is 3. The highest BCUT2D eigenvalue weighted by atomic mass is 19.2. The molecule has 0 aliphatic carbocycles. The lowest BCUT2D eigenvalue weighted by Gasteiger charge is -2.11. The van der Waals surface area contributed by atoms with Crippen molar-refractivity contribution >= 4 is 0 Å². The van der Waals surface area contributed by atoms with Gasteiger partial charge < -0.3 is 14.2 Å². The molecule has 0 bridgehead atoms. The number of rotatable bonds is 7.